The fourth-order valence-corrected chi connectivity index (χ4v) is 2.13. The Morgan fingerprint density at radius 1 is 1.35 bits per heavy atom. The van der Waals surface area contributed by atoms with E-state index in [2.05, 4.69) is 9.97 Å². The van der Waals surface area contributed by atoms with Gasteiger partial charge in [-0.2, -0.15) is 5.26 Å². The van der Waals surface area contributed by atoms with Crippen molar-refractivity contribution >= 4 is 29.1 Å². The number of nitrogens with two attached hydrogens (primary N) is 1. The van der Waals surface area contributed by atoms with Gasteiger partial charge in [0.2, 0.25) is 0 Å². The average Bonchev–Trinajstić information content (AvgIpc) is 2.34. The highest BCUT2D eigenvalue weighted by Crippen LogP contribution is 2.30. The predicted octanol–water partition coefficient (Wildman–Crippen LogP) is 2.74. The number of aromatic nitrogens is 2. The number of hydrogen-bond donors (Lipinski definition) is 1. The summed E-state index contributed by atoms with van der Waals surface area (Å²) in [5, 5.41) is 10.7. The minimum Gasteiger partial charge on any atom is -0.396 e. The van der Waals surface area contributed by atoms with Crippen molar-refractivity contribution in [1.29, 1.82) is 5.26 Å². The van der Waals surface area contributed by atoms with Gasteiger partial charge < -0.3 is 5.73 Å². The van der Waals surface area contributed by atoms with E-state index in [1.165, 1.54) is 11.8 Å². The molecule has 0 bridgehead atoms. The highest BCUT2D eigenvalue weighted by atomic mass is 35.5. The number of nitrogen functional groups attached to an aromatic ring is 1. The van der Waals surface area contributed by atoms with E-state index >= 15 is 0 Å². The molecule has 2 aromatic heterocycles. The summed E-state index contributed by atoms with van der Waals surface area (Å²) in [6.07, 6.45) is 1.65. The van der Waals surface area contributed by atoms with Gasteiger partial charge in [0.1, 0.15) is 16.1 Å². The lowest BCUT2D eigenvalue weighted by molar-refractivity contribution is 1.08. The molecule has 0 radical (unpaired) electrons. The molecule has 0 saturated carbocycles. The number of rotatable bonds is 2. The molecule has 0 unspecified atom stereocenters. The van der Waals surface area contributed by atoms with Crippen molar-refractivity contribution in [3.8, 4) is 6.07 Å². The second kappa shape index (κ2) is 5.04. The molecule has 0 atom stereocenters. The Kier molecular flexibility index (Phi) is 3.47. The van der Waals surface area contributed by atoms with E-state index in [0.717, 1.165) is 0 Å². The summed E-state index contributed by atoms with van der Waals surface area (Å²) in [6.45, 7) is 0. The second-order valence-corrected chi connectivity index (χ2v) is 4.51. The Bertz CT molecular complexity index is 594. The maximum Gasteiger partial charge on any atom is 0.164 e. The van der Waals surface area contributed by atoms with Crippen LogP contribution in [0.1, 0.15) is 5.69 Å². The van der Waals surface area contributed by atoms with Gasteiger partial charge in [-0.15, -0.1) is 0 Å². The standard InChI is InChI=1S/C11H7ClN4S/c12-7-2-1-5-15-11(7)17-10-4-3-8(14)9(6-13)16-10/h1-5H,14H2. The van der Waals surface area contributed by atoms with Gasteiger partial charge in [-0.1, -0.05) is 11.6 Å². The Balaban J connectivity index is 2.32. The van der Waals surface area contributed by atoms with E-state index in [9.17, 15) is 0 Å². The average molecular weight is 263 g/mol. The zero-order valence-electron chi connectivity index (χ0n) is 8.59. The molecule has 2 aromatic rings. The van der Waals surface area contributed by atoms with Crippen molar-refractivity contribution in [2.45, 2.75) is 10.1 Å². The molecular weight excluding hydrogens is 256 g/mol. The summed E-state index contributed by atoms with van der Waals surface area (Å²) in [6, 6.07) is 8.81. The van der Waals surface area contributed by atoms with Crippen molar-refractivity contribution < 1.29 is 0 Å². The van der Waals surface area contributed by atoms with Crippen LogP contribution in [0.3, 0.4) is 0 Å². The lowest BCUT2D eigenvalue weighted by atomic mass is 10.3. The van der Waals surface area contributed by atoms with Gasteiger partial charge in [-0.05, 0) is 36.0 Å². The molecule has 0 fully saturated rings. The van der Waals surface area contributed by atoms with Crippen molar-refractivity contribution in [3.05, 3.63) is 41.2 Å². The Hall–Kier alpha value is -1.77. The largest absolute Gasteiger partial charge is 0.396 e. The number of nitriles is 1. The summed E-state index contributed by atoms with van der Waals surface area (Å²) in [5.41, 5.74) is 6.16. The highest BCUT2D eigenvalue weighted by Gasteiger charge is 2.07. The lowest BCUT2D eigenvalue weighted by Crippen LogP contribution is -1.94. The third-order valence-electron chi connectivity index (χ3n) is 1.93. The maximum absolute atomic E-state index is 8.82. The zero-order chi connectivity index (χ0) is 12.3. The van der Waals surface area contributed by atoms with Gasteiger partial charge in [-0.3, -0.25) is 0 Å². The minimum absolute atomic E-state index is 0.210. The first-order chi connectivity index (χ1) is 8.20. The molecule has 6 heteroatoms. The molecule has 0 aliphatic carbocycles. The van der Waals surface area contributed by atoms with E-state index in [1.807, 2.05) is 6.07 Å². The lowest BCUT2D eigenvalue weighted by Gasteiger charge is -2.03. The number of halogens is 1. The van der Waals surface area contributed by atoms with Gasteiger partial charge in [0, 0.05) is 6.20 Å². The molecule has 2 rings (SSSR count). The van der Waals surface area contributed by atoms with E-state index in [-0.39, 0.29) is 5.69 Å². The molecule has 0 aromatic carbocycles. The Labute approximate surface area is 107 Å². The van der Waals surface area contributed by atoms with Crippen LogP contribution in [0.15, 0.2) is 40.5 Å². The second-order valence-electron chi connectivity index (χ2n) is 3.09. The molecule has 17 heavy (non-hydrogen) atoms. The molecule has 84 valence electrons. The fourth-order valence-electron chi connectivity index (χ4n) is 1.14. The quantitative estimate of drug-likeness (QED) is 0.901. The van der Waals surface area contributed by atoms with Gasteiger partial charge >= 0.3 is 0 Å². The fraction of sp³-hybridized carbons (Fsp3) is 0. The summed E-state index contributed by atoms with van der Waals surface area (Å²) in [5.74, 6) is 0. The molecule has 0 spiro atoms. The third kappa shape index (κ3) is 2.67. The summed E-state index contributed by atoms with van der Waals surface area (Å²) < 4.78 is 0. The van der Waals surface area contributed by atoms with Crippen LogP contribution in [0.4, 0.5) is 5.69 Å². The summed E-state index contributed by atoms with van der Waals surface area (Å²) in [4.78, 5) is 8.23. The Morgan fingerprint density at radius 3 is 2.88 bits per heavy atom. The molecule has 0 amide bonds. The first kappa shape index (κ1) is 11.7. The van der Waals surface area contributed by atoms with Gasteiger partial charge in [0.15, 0.2) is 5.69 Å². The minimum atomic E-state index is 0.210. The zero-order valence-corrected chi connectivity index (χ0v) is 10.2. The number of nitrogens with zero attached hydrogens (tertiary/aromatic N) is 3. The van der Waals surface area contributed by atoms with Crippen molar-refractivity contribution in [2.75, 3.05) is 5.73 Å². The third-order valence-corrected chi connectivity index (χ3v) is 3.30. The predicted molar refractivity (Wildman–Crippen MR) is 66.7 cm³/mol. The van der Waals surface area contributed by atoms with E-state index in [4.69, 9.17) is 22.6 Å². The van der Waals surface area contributed by atoms with Crippen LogP contribution in [0.2, 0.25) is 5.02 Å². The van der Waals surface area contributed by atoms with E-state index < -0.39 is 0 Å². The number of pyridine rings is 2. The van der Waals surface area contributed by atoms with Crippen LogP contribution < -0.4 is 5.73 Å². The summed E-state index contributed by atoms with van der Waals surface area (Å²) >= 11 is 7.27. The number of anilines is 1. The van der Waals surface area contributed by atoms with Gasteiger partial charge in [0.25, 0.3) is 0 Å². The Morgan fingerprint density at radius 2 is 2.18 bits per heavy atom. The summed E-state index contributed by atoms with van der Waals surface area (Å²) in [7, 11) is 0. The molecular formula is C11H7ClN4S. The van der Waals surface area contributed by atoms with Gasteiger partial charge in [-0.25, -0.2) is 9.97 Å². The SMILES string of the molecule is N#Cc1nc(Sc2ncccc2Cl)ccc1N. The van der Waals surface area contributed by atoms with Crippen molar-refractivity contribution in [2.24, 2.45) is 0 Å². The highest BCUT2D eigenvalue weighted by molar-refractivity contribution is 7.99. The van der Waals surface area contributed by atoms with Crippen LogP contribution in [0, 0.1) is 11.3 Å². The van der Waals surface area contributed by atoms with E-state index in [0.29, 0.717) is 20.8 Å². The van der Waals surface area contributed by atoms with Crippen LogP contribution in [-0.2, 0) is 0 Å². The first-order valence-electron chi connectivity index (χ1n) is 4.65. The van der Waals surface area contributed by atoms with Gasteiger partial charge in [0.05, 0.1) is 10.7 Å². The molecule has 4 nitrogen and oxygen atoms in total. The van der Waals surface area contributed by atoms with Crippen LogP contribution in [-0.4, -0.2) is 9.97 Å². The van der Waals surface area contributed by atoms with Crippen molar-refractivity contribution in [3.63, 3.8) is 0 Å². The molecule has 2 heterocycles. The molecule has 0 aliphatic heterocycles. The van der Waals surface area contributed by atoms with E-state index in [1.54, 1.807) is 30.5 Å². The van der Waals surface area contributed by atoms with Crippen LogP contribution in [0.5, 0.6) is 0 Å². The molecule has 2 N–H and O–H groups in total. The monoisotopic (exact) mass is 262 g/mol. The topological polar surface area (TPSA) is 75.6 Å². The normalized spacial score (nSPS) is 9.88. The van der Waals surface area contributed by atoms with Crippen LogP contribution >= 0.6 is 23.4 Å². The van der Waals surface area contributed by atoms with Crippen molar-refractivity contribution in [1.82, 2.24) is 9.97 Å². The number of hydrogen-bond acceptors (Lipinski definition) is 5. The molecule has 0 saturated heterocycles. The first-order valence-corrected chi connectivity index (χ1v) is 5.85. The van der Waals surface area contributed by atoms with Crippen LogP contribution in [0.25, 0.3) is 0 Å². The maximum atomic E-state index is 8.82. The molecule has 0 aliphatic rings. The smallest absolute Gasteiger partial charge is 0.164 e.